The highest BCUT2D eigenvalue weighted by Crippen LogP contribution is 2.44. The number of aryl methyl sites for hydroxylation is 1. The molecule has 0 aliphatic carbocycles. The number of nitrogens with zero attached hydrogens (tertiary/aromatic N) is 3. The molecule has 1 atom stereocenters. The summed E-state index contributed by atoms with van der Waals surface area (Å²) in [4.78, 5) is 0. The van der Waals surface area contributed by atoms with E-state index in [0.29, 0.717) is 27.8 Å². The second-order valence-corrected chi connectivity index (χ2v) is 7.04. The molecule has 0 radical (unpaired) electrons. The molecule has 0 bridgehead atoms. The van der Waals surface area contributed by atoms with Crippen molar-refractivity contribution in [1.29, 1.82) is 5.26 Å². The lowest BCUT2D eigenvalue weighted by Gasteiger charge is -2.25. The Morgan fingerprint density at radius 1 is 1.21 bits per heavy atom. The third kappa shape index (κ3) is 2.85. The molecule has 0 amide bonds. The third-order valence-corrected chi connectivity index (χ3v) is 5.00. The first-order chi connectivity index (χ1) is 13.4. The SMILES string of the molecule is Cc1nn(-c2cccc(Cl)c2)c2c1C(c1c(F)cccc1Cl)=C(C#N)C(N)O2. The molecule has 2 N–H and O–H groups in total. The lowest BCUT2D eigenvalue weighted by Crippen LogP contribution is -2.33. The van der Waals surface area contributed by atoms with E-state index >= 15 is 0 Å². The van der Waals surface area contributed by atoms with Crippen LogP contribution in [0.1, 0.15) is 16.8 Å². The molecule has 140 valence electrons. The lowest BCUT2D eigenvalue weighted by atomic mass is 9.90. The summed E-state index contributed by atoms with van der Waals surface area (Å²) in [5.74, 6) is -0.272. The van der Waals surface area contributed by atoms with Crippen molar-refractivity contribution in [2.45, 2.75) is 13.2 Å². The smallest absolute Gasteiger partial charge is 0.226 e. The maximum absolute atomic E-state index is 14.7. The van der Waals surface area contributed by atoms with Crippen molar-refractivity contribution in [1.82, 2.24) is 9.78 Å². The van der Waals surface area contributed by atoms with E-state index < -0.39 is 12.0 Å². The molecule has 0 spiro atoms. The molecule has 0 saturated carbocycles. The number of hydrogen-bond acceptors (Lipinski definition) is 4. The zero-order valence-electron chi connectivity index (χ0n) is 14.6. The minimum absolute atomic E-state index is 0.0771. The average Bonchev–Trinajstić information content (AvgIpc) is 2.97. The van der Waals surface area contributed by atoms with Crippen LogP contribution in [0.2, 0.25) is 10.0 Å². The van der Waals surface area contributed by atoms with Crippen molar-refractivity contribution in [2.24, 2.45) is 5.73 Å². The fourth-order valence-corrected chi connectivity index (χ4v) is 3.70. The van der Waals surface area contributed by atoms with Gasteiger partial charge in [0, 0.05) is 16.2 Å². The first kappa shape index (κ1) is 18.5. The van der Waals surface area contributed by atoms with Crippen molar-refractivity contribution in [3.63, 3.8) is 0 Å². The fraction of sp³-hybridized carbons (Fsp3) is 0.100. The van der Waals surface area contributed by atoms with Crippen LogP contribution in [-0.4, -0.2) is 16.0 Å². The summed E-state index contributed by atoms with van der Waals surface area (Å²) >= 11 is 12.4. The summed E-state index contributed by atoms with van der Waals surface area (Å²) in [5, 5.41) is 14.9. The molecule has 8 heteroatoms. The molecule has 0 fully saturated rings. The molecule has 5 nitrogen and oxygen atoms in total. The van der Waals surface area contributed by atoms with Crippen molar-refractivity contribution in [3.05, 3.63) is 80.7 Å². The number of hydrogen-bond donors (Lipinski definition) is 1. The molecule has 1 aromatic heterocycles. The topological polar surface area (TPSA) is 76.9 Å². The number of aromatic nitrogens is 2. The zero-order valence-corrected chi connectivity index (χ0v) is 16.1. The summed E-state index contributed by atoms with van der Waals surface area (Å²) in [6.45, 7) is 1.74. The molecule has 1 aliphatic rings. The molecule has 4 rings (SSSR count). The van der Waals surface area contributed by atoms with E-state index in [1.54, 1.807) is 37.3 Å². The second kappa shape index (κ2) is 6.95. The quantitative estimate of drug-likeness (QED) is 0.662. The number of benzene rings is 2. The van der Waals surface area contributed by atoms with Gasteiger partial charge in [-0.1, -0.05) is 35.3 Å². The first-order valence-corrected chi connectivity index (χ1v) is 9.04. The van der Waals surface area contributed by atoms with Crippen LogP contribution < -0.4 is 10.5 Å². The van der Waals surface area contributed by atoms with Gasteiger partial charge in [0.25, 0.3) is 0 Å². The number of halogens is 3. The number of fused-ring (bicyclic) bond motifs is 1. The van der Waals surface area contributed by atoms with Gasteiger partial charge < -0.3 is 4.74 Å². The van der Waals surface area contributed by atoms with E-state index in [1.165, 1.54) is 16.8 Å². The minimum atomic E-state index is -1.10. The number of rotatable bonds is 2. The molecule has 2 aromatic carbocycles. The maximum Gasteiger partial charge on any atom is 0.226 e. The molecule has 0 saturated heterocycles. The van der Waals surface area contributed by atoms with Gasteiger partial charge >= 0.3 is 0 Å². The fourth-order valence-electron chi connectivity index (χ4n) is 3.26. The van der Waals surface area contributed by atoms with Gasteiger partial charge in [-0.05, 0) is 37.3 Å². The molecule has 3 aromatic rings. The van der Waals surface area contributed by atoms with Crippen LogP contribution in [0.25, 0.3) is 11.3 Å². The van der Waals surface area contributed by atoms with E-state index in [-0.39, 0.29) is 21.7 Å². The Bertz CT molecular complexity index is 1160. The molecular formula is C20H13Cl2FN4O. The monoisotopic (exact) mass is 414 g/mol. The van der Waals surface area contributed by atoms with Crippen LogP contribution in [-0.2, 0) is 0 Å². The normalized spacial score (nSPS) is 15.8. The highest BCUT2D eigenvalue weighted by Gasteiger charge is 2.35. The van der Waals surface area contributed by atoms with Gasteiger partial charge in [-0.3, -0.25) is 5.73 Å². The standard InChI is InChI=1S/C20H13Cl2FN4O/c1-10-16-17(18-14(22)6-3-7-15(18)23)13(9-24)19(25)28-20(16)27(26-10)12-5-2-4-11(21)8-12/h2-8,19H,25H2,1H3. The van der Waals surface area contributed by atoms with Gasteiger partial charge in [0.05, 0.1) is 27.5 Å². The zero-order chi connectivity index (χ0) is 20.0. The number of nitriles is 1. The van der Waals surface area contributed by atoms with Crippen molar-refractivity contribution in [2.75, 3.05) is 0 Å². The van der Waals surface area contributed by atoms with Crippen molar-refractivity contribution < 1.29 is 9.13 Å². The number of nitrogens with two attached hydrogens (primary N) is 1. The minimum Gasteiger partial charge on any atom is -0.453 e. The van der Waals surface area contributed by atoms with Crippen molar-refractivity contribution in [3.8, 4) is 17.6 Å². The van der Waals surface area contributed by atoms with Gasteiger partial charge in [0.2, 0.25) is 5.88 Å². The Morgan fingerprint density at radius 3 is 2.64 bits per heavy atom. The van der Waals surface area contributed by atoms with E-state index in [0.717, 1.165) is 0 Å². The Hall–Kier alpha value is -2.85. The highest BCUT2D eigenvalue weighted by atomic mass is 35.5. The van der Waals surface area contributed by atoms with E-state index in [9.17, 15) is 9.65 Å². The van der Waals surface area contributed by atoms with Gasteiger partial charge in [-0.15, -0.1) is 0 Å². The Morgan fingerprint density at radius 2 is 1.96 bits per heavy atom. The van der Waals surface area contributed by atoms with Crippen LogP contribution in [0.15, 0.2) is 48.0 Å². The maximum atomic E-state index is 14.7. The van der Waals surface area contributed by atoms with Crippen LogP contribution >= 0.6 is 23.2 Å². The van der Waals surface area contributed by atoms with Gasteiger partial charge in [-0.2, -0.15) is 10.4 Å². The molecule has 28 heavy (non-hydrogen) atoms. The largest absolute Gasteiger partial charge is 0.453 e. The highest BCUT2D eigenvalue weighted by molar-refractivity contribution is 6.32. The first-order valence-electron chi connectivity index (χ1n) is 8.29. The average molecular weight is 415 g/mol. The van der Waals surface area contributed by atoms with E-state index in [1.807, 2.05) is 6.07 Å². The van der Waals surface area contributed by atoms with Crippen molar-refractivity contribution >= 4 is 28.8 Å². The molecular weight excluding hydrogens is 402 g/mol. The summed E-state index contributed by atoms with van der Waals surface area (Å²) in [6.07, 6.45) is -1.10. The van der Waals surface area contributed by atoms with E-state index in [4.69, 9.17) is 33.7 Å². The second-order valence-electron chi connectivity index (χ2n) is 6.19. The van der Waals surface area contributed by atoms with Crippen LogP contribution in [0, 0.1) is 24.1 Å². The third-order valence-electron chi connectivity index (χ3n) is 4.45. The Labute approximate surface area is 170 Å². The predicted molar refractivity (Wildman–Crippen MR) is 105 cm³/mol. The molecule has 2 heterocycles. The van der Waals surface area contributed by atoms with Crippen LogP contribution in [0.4, 0.5) is 4.39 Å². The molecule has 1 unspecified atom stereocenters. The van der Waals surface area contributed by atoms with Gasteiger partial charge in [0.15, 0.2) is 6.23 Å². The summed E-state index contributed by atoms with van der Waals surface area (Å²) in [6, 6.07) is 13.4. The number of ether oxygens (including phenoxy) is 1. The summed E-state index contributed by atoms with van der Waals surface area (Å²) in [5.41, 5.74) is 8.17. The molecule has 1 aliphatic heterocycles. The van der Waals surface area contributed by atoms with Gasteiger partial charge in [-0.25, -0.2) is 9.07 Å². The van der Waals surface area contributed by atoms with Crippen LogP contribution in [0.5, 0.6) is 5.88 Å². The Kier molecular flexibility index (Phi) is 4.60. The van der Waals surface area contributed by atoms with Gasteiger partial charge in [0.1, 0.15) is 11.9 Å². The Balaban J connectivity index is 2.05. The summed E-state index contributed by atoms with van der Waals surface area (Å²) < 4.78 is 22.1. The van der Waals surface area contributed by atoms with E-state index in [2.05, 4.69) is 5.10 Å². The lowest BCUT2D eigenvalue weighted by molar-refractivity contribution is 0.228. The predicted octanol–water partition coefficient (Wildman–Crippen LogP) is 4.63. The van der Waals surface area contributed by atoms with Crippen LogP contribution in [0.3, 0.4) is 0 Å². The summed E-state index contributed by atoms with van der Waals surface area (Å²) in [7, 11) is 0.